The van der Waals surface area contributed by atoms with E-state index in [1.54, 1.807) is 0 Å². The highest BCUT2D eigenvalue weighted by atomic mass is 14.2. The molecule has 0 bridgehead atoms. The summed E-state index contributed by atoms with van der Waals surface area (Å²) < 4.78 is 0. The lowest BCUT2D eigenvalue weighted by Gasteiger charge is -2.26. The van der Waals surface area contributed by atoms with Crippen LogP contribution in [0.25, 0.3) is 0 Å². The summed E-state index contributed by atoms with van der Waals surface area (Å²) in [5.41, 5.74) is 7.71. The molecule has 130 valence electrons. The molecule has 0 aliphatic heterocycles. The molecule has 0 heteroatoms. The number of rotatable bonds is 5. The summed E-state index contributed by atoms with van der Waals surface area (Å²) in [5, 5.41) is 0. The zero-order chi connectivity index (χ0) is 17.6. The van der Waals surface area contributed by atoms with E-state index in [4.69, 9.17) is 0 Å². The maximum absolute atomic E-state index is 2.43. The van der Waals surface area contributed by atoms with E-state index in [0.29, 0.717) is 5.41 Å². The molecule has 0 atom stereocenters. The van der Waals surface area contributed by atoms with E-state index in [1.807, 2.05) is 0 Å². The van der Waals surface area contributed by atoms with Gasteiger partial charge in [-0.15, -0.1) is 0 Å². The largest absolute Gasteiger partial charge is 0.0799 e. The highest BCUT2D eigenvalue weighted by Crippen LogP contribution is 2.33. The molecule has 0 N–H and O–H groups in total. The fourth-order valence-electron chi connectivity index (χ4n) is 3.34. The van der Waals surface area contributed by atoms with Crippen LogP contribution in [0.3, 0.4) is 0 Å². The van der Waals surface area contributed by atoms with Gasteiger partial charge in [-0.05, 0) is 61.6 Å². The molecule has 24 heavy (non-hydrogen) atoms. The van der Waals surface area contributed by atoms with Crippen LogP contribution in [-0.2, 0) is 12.8 Å². The van der Waals surface area contributed by atoms with Gasteiger partial charge in [0.05, 0.1) is 0 Å². The predicted molar refractivity (Wildman–Crippen MR) is 107 cm³/mol. The minimum Gasteiger partial charge on any atom is -0.0799 e. The molecule has 0 radical (unpaired) electrons. The van der Waals surface area contributed by atoms with Crippen LogP contribution in [0, 0.1) is 12.3 Å². The van der Waals surface area contributed by atoms with E-state index in [2.05, 4.69) is 77.1 Å². The van der Waals surface area contributed by atoms with E-state index in [9.17, 15) is 0 Å². The SMILES string of the molecule is CCC(C)(CC)CCC1=C/C=C(\C)Cc2cc(C)ccc2CC=C1. The Hall–Kier alpha value is -1.56. The highest BCUT2D eigenvalue weighted by Gasteiger charge is 2.19. The van der Waals surface area contributed by atoms with Gasteiger partial charge in [0.15, 0.2) is 0 Å². The molecule has 0 saturated carbocycles. The predicted octanol–water partition coefficient (Wildman–Crippen LogP) is 7.13. The Kier molecular flexibility index (Phi) is 6.66. The van der Waals surface area contributed by atoms with Crippen molar-refractivity contribution in [3.05, 3.63) is 70.3 Å². The molecule has 0 unspecified atom stereocenters. The summed E-state index contributed by atoms with van der Waals surface area (Å²) in [5.74, 6) is 0. The molecule has 1 aromatic rings. The molecule has 0 heterocycles. The van der Waals surface area contributed by atoms with Crippen molar-refractivity contribution >= 4 is 0 Å². The molecule has 0 fully saturated rings. The lowest BCUT2D eigenvalue weighted by molar-refractivity contribution is 0.274. The molecular formula is C24H34. The van der Waals surface area contributed by atoms with Gasteiger partial charge in [0.2, 0.25) is 0 Å². The van der Waals surface area contributed by atoms with Crippen LogP contribution in [0.15, 0.2) is 53.6 Å². The van der Waals surface area contributed by atoms with E-state index < -0.39 is 0 Å². The molecule has 2 rings (SSSR count). The molecule has 0 amide bonds. The van der Waals surface area contributed by atoms with E-state index >= 15 is 0 Å². The zero-order valence-electron chi connectivity index (χ0n) is 16.3. The highest BCUT2D eigenvalue weighted by molar-refractivity contribution is 5.38. The first kappa shape index (κ1) is 18.8. The molecule has 1 aromatic carbocycles. The number of hydrogen-bond donors (Lipinski definition) is 0. The van der Waals surface area contributed by atoms with Crippen molar-refractivity contribution < 1.29 is 0 Å². The first-order chi connectivity index (χ1) is 11.5. The van der Waals surface area contributed by atoms with Gasteiger partial charge in [0.25, 0.3) is 0 Å². The Morgan fingerprint density at radius 2 is 1.75 bits per heavy atom. The number of aryl methyl sites for hydroxylation is 1. The van der Waals surface area contributed by atoms with E-state index in [1.165, 1.54) is 53.5 Å². The van der Waals surface area contributed by atoms with Crippen molar-refractivity contribution in [2.75, 3.05) is 0 Å². The quantitative estimate of drug-likeness (QED) is 0.541. The Morgan fingerprint density at radius 1 is 1.00 bits per heavy atom. The van der Waals surface area contributed by atoms with Gasteiger partial charge in [-0.2, -0.15) is 0 Å². The summed E-state index contributed by atoms with van der Waals surface area (Å²) in [6.07, 6.45) is 16.5. The summed E-state index contributed by atoms with van der Waals surface area (Å²) in [4.78, 5) is 0. The van der Waals surface area contributed by atoms with Crippen LogP contribution in [0.1, 0.15) is 70.1 Å². The first-order valence-corrected chi connectivity index (χ1v) is 9.57. The minimum atomic E-state index is 0.479. The van der Waals surface area contributed by atoms with Gasteiger partial charge in [-0.25, -0.2) is 0 Å². The maximum Gasteiger partial charge on any atom is -0.00638 e. The monoisotopic (exact) mass is 322 g/mol. The van der Waals surface area contributed by atoms with Crippen molar-refractivity contribution in [2.45, 2.75) is 73.1 Å². The normalized spacial score (nSPS) is 17.7. The van der Waals surface area contributed by atoms with Crippen molar-refractivity contribution in [1.29, 1.82) is 0 Å². The number of benzene rings is 1. The molecule has 0 spiro atoms. The fourth-order valence-corrected chi connectivity index (χ4v) is 3.34. The van der Waals surface area contributed by atoms with Crippen molar-refractivity contribution in [1.82, 2.24) is 0 Å². The molecule has 0 aromatic heterocycles. The van der Waals surface area contributed by atoms with Crippen LogP contribution >= 0.6 is 0 Å². The average Bonchev–Trinajstić information content (AvgIpc) is 2.58. The molecular weight excluding hydrogens is 288 g/mol. The molecule has 0 nitrogen and oxygen atoms in total. The van der Waals surface area contributed by atoms with E-state index in [0.717, 1.165) is 12.8 Å². The van der Waals surface area contributed by atoms with Crippen LogP contribution < -0.4 is 0 Å². The van der Waals surface area contributed by atoms with E-state index in [-0.39, 0.29) is 0 Å². The standard InChI is InChI=1S/C24H34/c1-6-24(5,7-2)16-15-21-9-8-10-22-14-12-20(4)18-23(22)17-19(3)11-13-21/h8-9,11-14,18H,6-7,10,15-17H2,1-5H3/b9-8?,19-11+,21-13?. The van der Waals surface area contributed by atoms with Crippen LogP contribution in [-0.4, -0.2) is 0 Å². The second-order valence-corrected chi connectivity index (χ2v) is 7.83. The Labute approximate surface area is 149 Å². The minimum absolute atomic E-state index is 0.479. The Bertz CT molecular complexity index is 636. The lowest BCUT2D eigenvalue weighted by atomic mass is 9.79. The van der Waals surface area contributed by atoms with Gasteiger partial charge in [0, 0.05) is 0 Å². The van der Waals surface area contributed by atoms with Crippen LogP contribution in [0.2, 0.25) is 0 Å². The van der Waals surface area contributed by atoms with Crippen molar-refractivity contribution in [3.8, 4) is 0 Å². The number of allylic oxidation sites excluding steroid dienone is 6. The van der Waals surface area contributed by atoms with Gasteiger partial charge < -0.3 is 0 Å². The summed E-state index contributed by atoms with van der Waals surface area (Å²) in [6.45, 7) is 11.5. The van der Waals surface area contributed by atoms with Crippen molar-refractivity contribution in [2.24, 2.45) is 5.41 Å². The number of hydrogen-bond acceptors (Lipinski definition) is 0. The second-order valence-electron chi connectivity index (χ2n) is 7.83. The van der Waals surface area contributed by atoms with Gasteiger partial charge in [-0.1, -0.05) is 87.3 Å². The van der Waals surface area contributed by atoms with Crippen LogP contribution in [0.5, 0.6) is 0 Å². The van der Waals surface area contributed by atoms with Crippen LogP contribution in [0.4, 0.5) is 0 Å². The van der Waals surface area contributed by atoms with Gasteiger partial charge >= 0.3 is 0 Å². The second kappa shape index (κ2) is 8.51. The van der Waals surface area contributed by atoms with Crippen molar-refractivity contribution in [3.63, 3.8) is 0 Å². The smallest absolute Gasteiger partial charge is 0.00638 e. The number of fused-ring (bicyclic) bond motifs is 1. The Balaban J connectivity index is 2.18. The van der Waals surface area contributed by atoms with Gasteiger partial charge in [-0.3, -0.25) is 0 Å². The third kappa shape index (κ3) is 5.23. The fraction of sp³-hybridized carbons (Fsp3) is 0.500. The summed E-state index contributed by atoms with van der Waals surface area (Å²) in [6, 6.07) is 6.89. The third-order valence-electron chi connectivity index (χ3n) is 5.81. The summed E-state index contributed by atoms with van der Waals surface area (Å²) >= 11 is 0. The van der Waals surface area contributed by atoms with Gasteiger partial charge in [0.1, 0.15) is 0 Å². The molecule has 1 aliphatic carbocycles. The zero-order valence-corrected chi connectivity index (χ0v) is 16.3. The third-order valence-corrected chi connectivity index (χ3v) is 5.81. The average molecular weight is 323 g/mol. The molecule has 1 aliphatic rings. The first-order valence-electron chi connectivity index (χ1n) is 9.57. The Morgan fingerprint density at radius 3 is 2.46 bits per heavy atom. The topological polar surface area (TPSA) is 0 Å². The lowest BCUT2D eigenvalue weighted by Crippen LogP contribution is -2.13. The maximum atomic E-state index is 2.43. The molecule has 0 saturated heterocycles. The summed E-state index contributed by atoms with van der Waals surface area (Å²) in [7, 11) is 0.